The molecule has 0 radical (unpaired) electrons. The number of amides is 3. The number of alkyl halides is 2. The number of nitrogens with one attached hydrogen (secondary N) is 1. The number of carbonyl (C=O) groups is 3. The van der Waals surface area contributed by atoms with Crippen LogP contribution in [-0.2, 0) is 22.6 Å². The first-order valence-corrected chi connectivity index (χ1v) is 20.2. The van der Waals surface area contributed by atoms with Crippen molar-refractivity contribution in [3.63, 3.8) is 0 Å². The maximum Gasteiger partial charge on any atom is 0.281 e. The van der Waals surface area contributed by atoms with Crippen molar-refractivity contribution in [3.8, 4) is 17.2 Å². The first-order chi connectivity index (χ1) is 27.6. The Balaban J connectivity index is 0.819. The second-order valence-corrected chi connectivity index (χ2v) is 16.0. The summed E-state index contributed by atoms with van der Waals surface area (Å²) in [6.45, 7) is 2.91. The van der Waals surface area contributed by atoms with Crippen molar-refractivity contribution >= 4 is 23.4 Å². The molecular weight excluding hydrogens is 731 g/mol. The highest BCUT2D eigenvalue weighted by molar-refractivity contribution is 6.06. The Bertz CT molecular complexity index is 2060. The summed E-state index contributed by atoms with van der Waals surface area (Å²) < 4.78 is 41.5. The van der Waals surface area contributed by atoms with Crippen LogP contribution in [0.3, 0.4) is 0 Å². The molecule has 2 saturated heterocycles. The van der Waals surface area contributed by atoms with Gasteiger partial charge in [0, 0.05) is 63.2 Å². The quantitative estimate of drug-likeness (QED) is 0.198. The van der Waals surface area contributed by atoms with Gasteiger partial charge in [-0.15, -0.1) is 0 Å². The summed E-state index contributed by atoms with van der Waals surface area (Å²) in [5, 5.41) is 12.5. The van der Waals surface area contributed by atoms with E-state index in [1.807, 2.05) is 36.4 Å². The number of anilines is 1. The zero-order valence-corrected chi connectivity index (χ0v) is 32.3. The predicted octanol–water partition coefficient (Wildman–Crippen LogP) is 6.60. The summed E-state index contributed by atoms with van der Waals surface area (Å²) in [5.74, 6) is -1.98. The smallest absolute Gasteiger partial charge is 0.281 e. The third-order valence-electron chi connectivity index (χ3n) is 12.4. The van der Waals surface area contributed by atoms with Gasteiger partial charge in [0.15, 0.2) is 6.61 Å². The number of imide groups is 1. The molecule has 0 aromatic heterocycles. The summed E-state index contributed by atoms with van der Waals surface area (Å²) in [7, 11) is 1.52. The van der Waals surface area contributed by atoms with Crippen molar-refractivity contribution in [1.82, 2.24) is 15.1 Å². The molecule has 4 atom stereocenters. The van der Waals surface area contributed by atoms with E-state index in [1.54, 1.807) is 18.2 Å². The van der Waals surface area contributed by atoms with E-state index in [2.05, 4.69) is 39.4 Å². The van der Waals surface area contributed by atoms with Crippen LogP contribution in [0.1, 0.15) is 77.1 Å². The molecule has 0 spiro atoms. The first kappa shape index (κ1) is 38.6. The second-order valence-electron chi connectivity index (χ2n) is 16.0. The van der Waals surface area contributed by atoms with Crippen molar-refractivity contribution in [2.45, 2.75) is 69.4 Å². The number of aromatic hydroxyl groups is 1. The maximum atomic E-state index is 15.1. The second kappa shape index (κ2) is 16.3. The number of phenolic OH excluding ortho intramolecular Hbond substituents is 1. The summed E-state index contributed by atoms with van der Waals surface area (Å²) in [6, 6.07) is 16.4. The molecule has 8 rings (SSSR count). The zero-order valence-electron chi connectivity index (χ0n) is 32.3. The van der Waals surface area contributed by atoms with Crippen LogP contribution in [0.15, 0.2) is 78.9 Å². The van der Waals surface area contributed by atoms with Gasteiger partial charge in [-0.25, -0.2) is 8.78 Å². The van der Waals surface area contributed by atoms with Crippen LogP contribution in [0, 0.1) is 11.8 Å². The number of allylic oxidation sites excluding steroid dienone is 4. The van der Waals surface area contributed by atoms with Crippen LogP contribution in [0.4, 0.5) is 14.5 Å². The van der Waals surface area contributed by atoms with Crippen molar-refractivity contribution in [2.24, 2.45) is 11.8 Å². The minimum atomic E-state index is -2.98. The van der Waals surface area contributed by atoms with Crippen molar-refractivity contribution in [1.29, 1.82) is 0 Å². The highest BCUT2D eigenvalue weighted by atomic mass is 19.3. The van der Waals surface area contributed by atoms with Gasteiger partial charge in [0.05, 0.1) is 12.7 Å². The number of benzene rings is 3. The molecule has 2 N–H and O–H groups in total. The molecule has 5 aliphatic rings. The maximum absolute atomic E-state index is 15.1. The Labute approximate surface area is 332 Å². The third kappa shape index (κ3) is 8.28. The molecule has 3 aromatic rings. The monoisotopic (exact) mass is 780 g/mol. The predicted molar refractivity (Wildman–Crippen MR) is 212 cm³/mol. The molecule has 2 fully saturated rings. The van der Waals surface area contributed by atoms with Gasteiger partial charge in [0.25, 0.3) is 11.8 Å². The number of fused-ring (bicyclic) bond motifs is 2. The van der Waals surface area contributed by atoms with E-state index < -0.39 is 24.5 Å². The van der Waals surface area contributed by atoms with Crippen LogP contribution < -0.4 is 19.7 Å². The van der Waals surface area contributed by atoms with E-state index in [9.17, 15) is 19.5 Å². The fourth-order valence-corrected chi connectivity index (χ4v) is 9.46. The third-order valence-corrected chi connectivity index (χ3v) is 12.4. The van der Waals surface area contributed by atoms with E-state index in [4.69, 9.17) is 9.47 Å². The number of ether oxygens (including phenoxy) is 2. The van der Waals surface area contributed by atoms with Gasteiger partial charge >= 0.3 is 0 Å². The number of phenols is 1. The molecule has 3 amide bonds. The lowest BCUT2D eigenvalue weighted by Crippen LogP contribution is -2.52. The molecule has 2 aliphatic carbocycles. The average molecular weight is 781 g/mol. The number of hydrogen-bond donors (Lipinski definition) is 2. The molecule has 3 aliphatic heterocycles. The average Bonchev–Trinajstić information content (AvgIpc) is 3.55. The van der Waals surface area contributed by atoms with Crippen molar-refractivity contribution in [2.75, 3.05) is 51.3 Å². The van der Waals surface area contributed by atoms with Crippen LogP contribution in [0.2, 0.25) is 0 Å². The largest absolute Gasteiger partial charge is 0.508 e. The topological polar surface area (TPSA) is 112 Å². The summed E-state index contributed by atoms with van der Waals surface area (Å²) in [6.07, 6.45) is 12.2. The van der Waals surface area contributed by atoms with E-state index in [-0.39, 0.29) is 49.3 Å². The molecule has 0 bridgehead atoms. The fourth-order valence-electron chi connectivity index (χ4n) is 9.46. The minimum absolute atomic E-state index is 0.132. The van der Waals surface area contributed by atoms with E-state index in [0.29, 0.717) is 68.0 Å². The van der Waals surface area contributed by atoms with Crippen LogP contribution >= 0.6 is 0 Å². The molecule has 57 heavy (non-hydrogen) atoms. The van der Waals surface area contributed by atoms with Gasteiger partial charge in [0.1, 0.15) is 23.3 Å². The first-order valence-electron chi connectivity index (χ1n) is 20.2. The van der Waals surface area contributed by atoms with E-state index >= 15 is 8.78 Å². The lowest BCUT2D eigenvalue weighted by molar-refractivity contribution is -0.136. The highest BCUT2D eigenvalue weighted by Gasteiger charge is 2.41. The minimum Gasteiger partial charge on any atom is -0.508 e. The number of nitrogens with zero attached hydrogens (tertiary/aromatic N) is 3. The molecule has 10 nitrogen and oxygen atoms in total. The number of aryl methyl sites for hydroxylation is 1. The highest BCUT2D eigenvalue weighted by Crippen LogP contribution is 2.47. The molecule has 12 heteroatoms. The summed E-state index contributed by atoms with van der Waals surface area (Å²) >= 11 is 0. The Hall–Kier alpha value is -5.23. The Kier molecular flexibility index (Phi) is 11.1. The summed E-state index contributed by atoms with van der Waals surface area (Å²) in [4.78, 5) is 43.5. The Morgan fingerprint density at radius 3 is 2.47 bits per heavy atom. The van der Waals surface area contributed by atoms with Crippen LogP contribution in [-0.4, -0.2) is 91.0 Å². The number of hydrogen-bond acceptors (Lipinski definition) is 8. The lowest BCUT2D eigenvalue weighted by Gasteiger charge is -2.38. The molecule has 3 aromatic carbocycles. The number of carbonyl (C=O) groups excluding carboxylic acids is 3. The van der Waals surface area contributed by atoms with Gasteiger partial charge < -0.3 is 24.4 Å². The number of methoxy groups -OCH3 is 1. The van der Waals surface area contributed by atoms with Gasteiger partial charge in [-0.05, 0) is 103 Å². The Morgan fingerprint density at radius 1 is 0.930 bits per heavy atom. The zero-order chi connectivity index (χ0) is 39.7. The standard InChI is InChI=1S/C45H50F2N4O6/c1-56-39-26-33(24-32-27-51(44(55)42(32)39)38-16-17-40(53)48-43(38)54)50-22-20-49(21-23-50)19-5-18-45(46,47)28-57-35-12-8-30(9-13-35)41-36(29-6-3-2-4-7-29)14-10-31-25-34(52)11-15-37(31)41/h2-4,6,8-9,11-13,15,24-26,29,36,38,41,52H,5,7,10,14,16-23,27-28H2,1H3,(H,48,53,54)/t29?,36-,38?,41+/m1/s1. The van der Waals surface area contributed by atoms with Gasteiger partial charge in [-0.3, -0.25) is 24.6 Å². The van der Waals surface area contributed by atoms with E-state index in [1.165, 1.54) is 17.6 Å². The van der Waals surface area contributed by atoms with Crippen LogP contribution in [0.25, 0.3) is 0 Å². The normalized spacial score (nSPS) is 23.7. The lowest BCUT2D eigenvalue weighted by atomic mass is 9.66. The van der Waals surface area contributed by atoms with Gasteiger partial charge in [-0.2, -0.15) is 0 Å². The number of piperidine rings is 1. The molecule has 300 valence electrons. The van der Waals surface area contributed by atoms with Crippen molar-refractivity contribution in [3.05, 3.63) is 107 Å². The molecule has 3 heterocycles. The summed E-state index contributed by atoms with van der Waals surface area (Å²) in [5.41, 5.74) is 5.62. The molecular formula is C45H50F2N4O6. The van der Waals surface area contributed by atoms with Crippen LogP contribution in [0.5, 0.6) is 17.2 Å². The van der Waals surface area contributed by atoms with E-state index in [0.717, 1.165) is 41.6 Å². The number of halogens is 2. The fraction of sp³-hybridized carbons (Fsp3) is 0.444. The molecule has 0 saturated carbocycles. The number of piperazine rings is 1. The number of rotatable bonds is 12. The Morgan fingerprint density at radius 2 is 1.74 bits per heavy atom. The van der Waals surface area contributed by atoms with Crippen molar-refractivity contribution < 1.29 is 37.7 Å². The van der Waals surface area contributed by atoms with Gasteiger partial charge in [0.2, 0.25) is 11.8 Å². The van der Waals surface area contributed by atoms with Gasteiger partial charge in [-0.1, -0.05) is 42.5 Å². The SMILES string of the molecule is COc1cc(N2CCN(CCCC(F)(F)COc3ccc([C@@H]4c5ccc(O)cc5CC[C@@H]4C4C=CC=CC4)cc3)CC2)cc2c1C(=O)N(C1CCC(=O)NC1=O)C2. The molecule has 2 unspecified atom stereocenters.